The zero-order valence-electron chi connectivity index (χ0n) is 13.9. The van der Waals surface area contributed by atoms with E-state index >= 15 is 0 Å². The van der Waals surface area contributed by atoms with Gasteiger partial charge in [-0.2, -0.15) is 0 Å². The van der Waals surface area contributed by atoms with Gasteiger partial charge in [-0.15, -0.1) is 0 Å². The van der Waals surface area contributed by atoms with Crippen LogP contribution in [0.2, 0.25) is 0 Å². The first-order chi connectivity index (χ1) is 12.6. The Morgan fingerprint density at radius 1 is 0.962 bits per heavy atom. The smallest absolute Gasteiger partial charge is 0.312 e. The topological polar surface area (TPSA) is 93.7 Å². The molecule has 3 rings (SSSR count). The number of hydrogen-bond acceptors (Lipinski definition) is 5. The van der Waals surface area contributed by atoms with Gasteiger partial charge >= 0.3 is 5.97 Å². The van der Waals surface area contributed by atoms with Crippen molar-refractivity contribution in [2.24, 2.45) is 5.92 Å². The molecule has 0 unspecified atom stereocenters. The van der Waals surface area contributed by atoms with Crippen molar-refractivity contribution in [3.05, 3.63) is 71.8 Å². The Morgan fingerprint density at radius 2 is 1.58 bits per heavy atom. The number of ether oxygens (including phenoxy) is 1. The van der Waals surface area contributed by atoms with Crippen LogP contribution in [-0.2, 0) is 37.0 Å². The molecular formula is C19H18N2O5. The molecule has 1 heterocycles. The maximum Gasteiger partial charge on any atom is 0.312 e. The minimum Gasteiger partial charge on any atom is -0.440 e. The molecule has 1 aliphatic rings. The van der Waals surface area contributed by atoms with Crippen molar-refractivity contribution in [3.63, 3.8) is 0 Å². The minimum atomic E-state index is -1.12. The highest BCUT2D eigenvalue weighted by Crippen LogP contribution is 2.17. The number of β-lactam (4-membered cyclic amide) rings is 1. The summed E-state index contributed by atoms with van der Waals surface area (Å²) >= 11 is 0. The van der Waals surface area contributed by atoms with E-state index in [0.29, 0.717) is 0 Å². The first-order valence-electron chi connectivity index (χ1n) is 8.13. The molecule has 0 spiro atoms. The lowest BCUT2D eigenvalue weighted by Crippen LogP contribution is -2.64. The second-order valence-electron chi connectivity index (χ2n) is 5.80. The van der Waals surface area contributed by atoms with Gasteiger partial charge in [0.25, 0.3) is 5.91 Å². The summed E-state index contributed by atoms with van der Waals surface area (Å²) < 4.78 is 5.17. The van der Waals surface area contributed by atoms with Gasteiger partial charge in [0.1, 0.15) is 0 Å². The van der Waals surface area contributed by atoms with Crippen LogP contribution < -0.4 is 10.8 Å². The molecule has 1 fully saturated rings. The third kappa shape index (κ3) is 4.46. The van der Waals surface area contributed by atoms with Crippen LogP contribution in [0.1, 0.15) is 11.1 Å². The average Bonchev–Trinajstić information content (AvgIpc) is 2.63. The van der Waals surface area contributed by atoms with Gasteiger partial charge < -0.3 is 10.1 Å². The Bertz CT molecular complexity index is 779. The Kier molecular flexibility index (Phi) is 5.60. The second kappa shape index (κ2) is 8.26. The normalized spacial score (nSPS) is 18.4. The quantitative estimate of drug-likeness (QED) is 0.336. The fourth-order valence-electron chi connectivity index (χ4n) is 2.48. The van der Waals surface area contributed by atoms with E-state index in [1.807, 2.05) is 48.5 Å². The molecule has 0 aromatic heterocycles. The van der Waals surface area contributed by atoms with Crippen molar-refractivity contribution in [2.45, 2.75) is 19.3 Å². The summed E-state index contributed by atoms with van der Waals surface area (Å²) in [7, 11) is 0. The molecule has 0 radical (unpaired) electrons. The van der Waals surface area contributed by atoms with Gasteiger partial charge in [0.2, 0.25) is 5.91 Å². The third-order valence-corrected chi connectivity index (χ3v) is 3.86. The van der Waals surface area contributed by atoms with Gasteiger partial charge in [-0.3, -0.25) is 19.2 Å². The lowest BCUT2D eigenvalue weighted by atomic mass is 9.98. The molecule has 1 saturated heterocycles. The molecule has 2 aromatic carbocycles. The van der Waals surface area contributed by atoms with Crippen molar-refractivity contribution in [1.29, 1.82) is 0 Å². The summed E-state index contributed by atoms with van der Waals surface area (Å²) in [6.45, 7) is 0.166. The second-order valence-corrected chi connectivity index (χ2v) is 5.80. The first kappa shape index (κ1) is 17.6. The highest BCUT2D eigenvalue weighted by molar-refractivity contribution is 6.05. The van der Waals surface area contributed by atoms with Gasteiger partial charge in [0, 0.05) is 0 Å². The summed E-state index contributed by atoms with van der Waals surface area (Å²) in [6, 6.07) is 18.3. The van der Waals surface area contributed by atoms with Crippen LogP contribution in [-0.4, -0.2) is 24.0 Å². The van der Waals surface area contributed by atoms with Gasteiger partial charge in [-0.05, 0) is 11.1 Å². The number of benzene rings is 2. The zero-order chi connectivity index (χ0) is 18.4. The number of carbonyl (C=O) groups excluding carboxylic acids is 3. The van der Waals surface area contributed by atoms with Crippen molar-refractivity contribution >= 4 is 17.8 Å². The maximum atomic E-state index is 12.1. The lowest BCUT2D eigenvalue weighted by molar-refractivity contribution is -0.175. The van der Waals surface area contributed by atoms with E-state index in [1.165, 1.54) is 0 Å². The van der Waals surface area contributed by atoms with Crippen molar-refractivity contribution in [3.8, 4) is 0 Å². The van der Waals surface area contributed by atoms with Crippen LogP contribution >= 0.6 is 0 Å². The van der Waals surface area contributed by atoms with Gasteiger partial charge in [-0.1, -0.05) is 60.7 Å². The number of hydrogen-bond donors (Lipinski definition) is 2. The van der Waals surface area contributed by atoms with Crippen LogP contribution in [0.25, 0.3) is 0 Å². The molecule has 7 heteroatoms. The van der Waals surface area contributed by atoms with Crippen LogP contribution in [0.15, 0.2) is 60.7 Å². The van der Waals surface area contributed by atoms with E-state index in [9.17, 15) is 14.4 Å². The first-order valence-corrected chi connectivity index (χ1v) is 8.13. The van der Waals surface area contributed by atoms with E-state index in [0.717, 1.165) is 11.1 Å². The Morgan fingerprint density at radius 3 is 2.19 bits per heavy atom. The summed E-state index contributed by atoms with van der Waals surface area (Å²) in [5, 5.41) is 2.40. The predicted molar refractivity (Wildman–Crippen MR) is 91.0 cm³/mol. The predicted octanol–water partition coefficient (Wildman–Crippen LogP) is 1.09. The average molecular weight is 354 g/mol. The number of esters is 1. The van der Waals surface area contributed by atoms with Gasteiger partial charge in [0.15, 0.2) is 12.1 Å². The number of carbonyl (C=O) groups is 3. The van der Waals surface area contributed by atoms with Crippen molar-refractivity contribution in [2.75, 3.05) is 0 Å². The monoisotopic (exact) mass is 354 g/mol. The van der Waals surface area contributed by atoms with Crippen LogP contribution in [0.5, 0.6) is 0 Å². The molecule has 26 heavy (non-hydrogen) atoms. The molecule has 0 saturated carbocycles. The number of nitrogens with one attached hydrogen (secondary N) is 2. The molecule has 7 nitrogen and oxygen atoms in total. The van der Waals surface area contributed by atoms with Gasteiger partial charge in [-0.25, -0.2) is 5.48 Å². The highest BCUT2D eigenvalue weighted by atomic mass is 16.7. The minimum absolute atomic E-state index is 0.0616. The molecule has 2 atom stereocenters. The Labute approximate surface area is 150 Å². The van der Waals surface area contributed by atoms with E-state index in [1.54, 1.807) is 12.1 Å². The molecule has 1 aliphatic heterocycles. The molecule has 2 N–H and O–H groups in total. The standard InChI is InChI=1S/C19H18N2O5/c22-15(11-13-7-3-1-4-8-13)26-19-16(17(23)20-19)18(24)21-25-12-14-9-5-2-6-10-14/h1-10,16,19H,11-12H2,(H,20,23)(H,21,24)/t16-,19+/m0/s1. The van der Waals surface area contributed by atoms with Crippen LogP contribution in [0, 0.1) is 5.92 Å². The molecule has 0 bridgehead atoms. The van der Waals surface area contributed by atoms with E-state index in [-0.39, 0.29) is 13.0 Å². The fraction of sp³-hybridized carbons (Fsp3) is 0.211. The number of amides is 2. The van der Waals surface area contributed by atoms with E-state index in [4.69, 9.17) is 9.57 Å². The molecular weight excluding hydrogens is 336 g/mol. The van der Waals surface area contributed by atoms with Crippen molar-refractivity contribution in [1.82, 2.24) is 10.8 Å². The molecule has 0 aliphatic carbocycles. The maximum absolute atomic E-state index is 12.1. The van der Waals surface area contributed by atoms with Crippen LogP contribution in [0.4, 0.5) is 0 Å². The summed E-state index contributed by atoms with van der Waals surface area (Å²) in [5.74, 6) is -2.81. The summed E-state index contributed by atoms with van der Waals surface area (Å²) in [4.78, 5) is 40.8. The largest absolute Gasteiger partial charge is 0.440 e. The van der Waals surface area contributed by atoms with E-state index in [2.05, 4.69) is 10.8 Å². The van der Waals surface area contributed by atoms with Crippen molar-refractivity contribution < 1.29 is 24.0 Å². The van der Waals surface area contributed by atoms with E-state index < -0.39 is 29.9 Å². The number of hydroxylamine groups is 1. The highest BCUT2D eigenvalue weighted by Gasteiger charge is 2.47. The Balaban J connectivity index is 1.46. The van der Waals surface area contributed by atoms with Crippen LogP contribution in [0.3, 0.4) is 0 Å². The SMILES string of the molecule is O=C(Cc1ccccc1)O[C@H]1NC(=O)[C@H]1C(=O)NOCc1ccccc1. The summed E-state index contributed by atoms with van der Waals surface area (Å²) in [5.41, 5.74) is 3.88. The Hall–Kier alpha value is -3.19. The third-order valence-electron chi connectivity index (χ3n) is 3.86. The molecule has 134 valence electrons. The van der Waals surface area contributed by atoms with Gasteiger partial charge in [0.05, 0.1) is 13.0 Å². The zero-order valence-corrected chi connectivity index (χ0v) is 13.9. The fourth-order valence-corrected chi connectivity index (χ4v) is 2.48. The molecule has 2 aromatic rings. The summed E-state index contributed by atoms with van der Waals surface area (Å²) in [6.07, 6.45) is -0.925. The number of rotatable bonds is 7. The molecule has 2 amide bonds. The lowest BCUT2D eigenvalue weighted by Gasteiger charge is -2.34.